The van der Waals surface area contributed by atoms with Gasteiger partial charge in [-0.3, -0.25) is 14.5 Å². The van der Waals surface area contributed by atoms with E-state index in [2.05, 4.69) is 29.1 Å². The number of fused-ring (bicyclic) bond motifs is 1. The molecular weight excluding hydrogens is 408 g/mol. The number of hydrogen-bond donors (Lipinski definition) is 1. The molecule has 7 heteroatoms. The normalized spacial score (nSPS) is 18.3. The second-order valence-corrected chi connectivity index (χ2v) is 9.24. The van der Waals surface area contributed by atoms with E-state index < -0.39 is 0 Å². The highest BCUT2D eigenvalue weighted by atomic mass is 32.2. The number of nitrogens with one attached hydrogen (secondary N) is 1. The molecule has 6 nitrogen and oxygen atoms in total. The van der Waals surface area contributed by atoms with Gasteiger partial charge in [-0.05, 0) is 43.8 Å². The zero-order valence-corrected chi connectivity index (χ0v) is 19.0. The molecule has 0 aliphatic carbocycles. The second kappa shape index (κ2) is 9.85. The van der Waals surface area contributed by atoms with Crippen LogP contribution in [0.3, 0.4) is 0 Å². The standard InChI is InChI=1S/C24H30N4O2S/c1-3-20(27-13-11-26(2)12-14-27)23(29)25-19-9-10-22-21(17-19)28(15-16-31-22)24(30)18-7-5-4-6-8-18/h4-10,17,20H,3,11-16H2,1-2H3,(H,25,29). The molecule has 1 atom stereocenters. The van der Waals surface area contributed by atoms with E-state index in [4.69, 9.17) is 0 Å². The number of likely N-dealkylation sites (N-methyl/N-ethyl adjacent to an activating group) is 1. The highest BCUT2D eigenvalue weighted by Gasteiger charge is 2.28. The number of anilines is 2. The first-order valence-corrected chi connectivity index (χ1v) is 11.9. The summed E-state index contributed by atoms with van der Waals surface area (Å²) >= 11 is 1.75. The van der Waals surface area contributed by atoms with Crippen LogP contribution in [0.15, 0.2) is 53.4 Å². The predicted molar refractivity (Wildman–Crippen MR) is 127 cm³/mol. The average molecular weight is 439 g/mol. The lowest BCUT2D eigenvalue weighted by Gasteiger charge is -2.37. The Hall–Kier alpha value is -2.35. The summed E-state index contributed by atoms with van der Waals surface area (Å²) in [5.41, 5.74) is 2.29. The fraction of sp³-hybridized carbons (Fsp3) is 0.417. The third-order valence-corrected chi connectivity index (χ3v) is 7.07. The molecule has 1 saturated heterocycles. The van der Waals surface area contributed by atoms with Crippen molar-refractivity contribution in [2.24, 2.45) is 0 Å². The molecule has 4 rings (SSSR count). The van der Waals surface area contributed by atoms with Crippen LogP contribution < -0.4 is 10.2 Å². The lowest BCUT2D eigenvalue weighted by Crippen LogP contribution is -2.52. The maximum Gasteiger partial charge on any atom is 0.258 e. The smallest absolute Gasteiger partial charge is 0.258 e. The van der Waals surface area contributed by atoms with Gasteiger partial charge in [0.1, 0.15) is 0 Å². The van der Waals surface area contributed by atoms with Crippen LogP contribution in [0, 0.1) is 0 Å². The molecule has 2 aliphatic heterocycles. The highest BCUT2D eigenvalue weighted by Crippen LogP contribution is 2.37. The summed E-state index contributed by atoms with van der Waals surface area (Å²) in [6.45, 7) is 6.49. The molecule has 0 spiro atoms. The molecule has 2 aromatic carbocycles. The number of nitrogens with zero attached hydrogens (tertiary/aromatic N) is 3. The molecule has 2 aromatic rings. The van der Waals surface area contributed by atoms with Crippen LogP contribution in [-0.2, 0) is 4.79 Å². The first kappa shape index (κ1) is 21.9. The zero-order chi connectivity index (χ0) is 21.8. The van der Waals surface area contributed by atoms with Crippen molar-refractivity contribution in [1.29, 1.82) is 0 Å². The molecule has 1 unspecified atom stereocenters. The van der Waals surface area contributed by atoms with Crippen LogP contribution >= 0.6 is 11.8 Å². The third-order valence-electron chi connectivity index (χ3n) is 6.02. The Morgan fingerprint density at radius 2 is 1.77 bits per heavy atom. The van der Waals surface area contributed by atoms with E-state index in [1.807, 2.05) is 53.4 Å². The van der Waals surface area contributed by atoms with Crippen molar-refractivity contribution in [1.82, 2.24) is 9.80 Å². The first-order chi connectivity index (χ1) is 15.1. The van der Waals surface area contributed by atoms with Crippen molar-refractivity contribution in [3.05, 3.63) is 54.1 Å². The summed E-state index contributed by atoms with van der Waals surface area (Å²) in [6.07, 6.45) is 0.773. The van der Waals surface area contributed by atoms with Crippen molar-refractivity contribution in [3.63, 3.8) is 0 Å². The Balaban J connectivity index is 1.51. The number of piperazine rings is 1. The Morgan fingerprint density at radius 1 is 1.03 bits per heavy atom. The topological polar surface area (TPSA) is 55.9 Å². The van der Waals surface area contributed by atoms with Gasteiger partial charge in [-0.2, -0.15) is 0 Å². The van der Waals surface area contributed by atoms with E-state index in [1.54, 1.807) is 11.8 Å². The Morgan fingerprint density at radius 3 is 2.48 bits per heavy atom. The van der Waals surface area contributed by atoms with Crippen LogP contribution in [0.5, 0.6) is 0 Å². The third kappa shape index (κ3) is 4.95. The van der Waals surface area contributed by atoms with Gasteiger partial charge in [-0.1, -0.05) is 25.1 Å². The summed E-state index contributed by atoms with van der Waals surface area (Å²) in [6, 6.07) is 15.1. The van der Waals surface area contributed by atoms with E-state index >= 15 is 0 Å². The summed E-state index contributed by atoms with van der Waals surface area (Å²) in [7, 11) is 2.12. The molecule has 1 N–H and O–H groups in total. The number of benzene rings is 2. The molecule has 0 bridgehead atoms. The summed E-state index contributed by atoms with van der Waals surface area (Å²) < 4.78 is 0. The maximum atomic E-state index is 13.1. The fourth-order valence-corrected chi connectivity index (χ4v) is 5.19. The van der Waals surface area contributed by atoms with Crippen LogP contribution in [0.2, 0.25) is 0 Å². The zero-order valence-electron chi connectivity index (χ0n) is 18.2. The van der Waals surface area contributed by atoms with Crippen molar-refractivity contribution < 1.29 is 9.59 Å². The van der Waals surface area contributed by atoms with E-state index in [1.165, 1.54) is 0 Å². The molecule has 0 aromatic heterocycles. The SMILES string of the molecule is CCC(C(=O)Nc1ccc2c(c1)N(C(=O)c1ccccc1)CCS2)N1CCN(C)CC1. The number of carbonyl (C=O) groups excluding carboxylic acids is 2. The number of carbonyl (C=O) groups is 2. The summed E-state index contributed by atoms with van der Waals surface area (Å²) in [5.74, 6) is 0.879. The molecule has 0 saturated carbocycles. The molecule has 1 fully saturated rings. The summed E-state index contributed by atoms with van der Waals surface area (Å²) in [5, 5.41) is 3.11. The lowest BCUT2D eigenvalue weighted by atomic mass is 10.1. The molecule has 164 valence electrons. The van der Waals surface area contributed by atoms with Gasteiger partial charge in [0.05, 0.1) is 11.7 Å². The summed E-state index contributed by atoms with van der Waals surface area (Å²) in [4.78, 5) is 33.6. The van der Waals surface area contributed by atoms with Crippen LogP contribution in [0.1, 0.15) is 23.7 Å². The number of hydrogen-bond acceptors (Lipinski definition) is 5. The average Bonchev–Trinajstić information content (AvgIpc) is 2.80. The molecule has 31 heavy (non-hydrogen) atoms. The van der Waals surface area contributed by atoms with E-state index in [-0.39, 0.29) is 17.9 Å². The largest absolute Gasteiger partial charge is 0.325 e. The number of rotatable bonds is 5. The van der Waals surface area contributed by atoms with Gasteiger partial charge in [-0.25, -0.2) is 0 Å². The van der Waals surface area contributed by atoms with Crippen molar-refractivity contribution in [2.75, 3.05) is 55.7 Å². The van der Waals surface area contributed by atoms with Gasteiger partial charge in [0, 0.05) is 54.6 Å². The highest BCUT2D eigenvalue weighted by molar-refractivity contribution is 7.99. The van der Waals surface area contributed by atoms with Crippen molar-refractivity contribution in [2.45, 2.75) is 24.3 Å². The van der Waals surface area contributed by atoms with Gasteiger partial charge >= 0.3 is 0 Å². The second-order valence-electron chi connectivity index (χ2n) is 8.11. The molecule has 2 amide bonds. The number of thioether (sulfide) groups is 1. The minimum Gasteiger partial charge on any atom is -0.325 e. The van der Waals surface area contributed by atoms with Crippen molar-refractivity contribution >= 4 is 35.0 Å². The van der Waals surface area contributed by atoms with E-state index in [0.29, 0.717) is 12.1 Å². The fourth-order valence-electron chi connectivity index (χ4n) is 4.21. The molecule has 2 heterocycles. The van der Waals surface area contributed by atoms with Gasteiger partial charge in [-0.15, -0.1) is 11.8 Å². The Labute approximate surface area is 188 Å². The van der Waals surface area contributed by atoms with Crippen LogP contribution in [-0.4, -0.2) is 73.2 Å². The minimum absolute atomic E-state index is 0.00509. The Kier molecular flexibility index (Phi) is 6.95. The van der Waals surface area contributed by atoms with E-state index in [0.717, 1.165) is 54.6 Å². The molecule has 2 aliphatic rings. The number of amides is 2. The van der Waals surface area contributed by atoms with Crippen LogP contribution in [0.4, 0.5) is 11.4 Å². The lowest BCUT2D eigenvalue weighted by molar-refractivity contribution is -0.122. The van der Waals surface area contributed by atoms with Gasteiger partial charge in [0.2, 0.25) is 5.91 Å². The van der Waals surface area contributed by atoms with Gasteiger partial charge in [0.25, 0.3) is 5.91 Å². The maximum absolute atomic E-state index is 13.1. The minimum atomic E-state index is -0.138. The molecule has 0 radical (unpaired) electrons. The van der Waals surface area contributed by atoms with E-state index in [9.17, 15) is 9.59 Å². The van der Waals surface area contributed by atoms with Crippen LogP contribution in [0.25, 0.3) is 0 Å². The van der Waals surface area contributed by atoms with Gasteiger partial charge < -0.3 is 15.1 Å². The van der Waals surface area contributed by atoms with Crippen molar-refractivity contribution in [3.8, 4) is 0 Å². The monoisotopic (exact) mass is 438 g/mol. The Bertz CT molecular complexity index is 928. The predicted octanol–water partition coefficient (Wildman–Crippen LogP) is 3.40. The van der Waals surface area contributed by atoms with Gasteiger partial charge in [0.15, 0.2) is 0 Å². The first-order valence-electron chi connectivity index (χ1n) is 10.9. The quantitative estimate of drug-likeness (QED) is 0.775. The molecular formula is C24H30N4O2S.